The maximum absolute atomic E-state index is 11.9. The van der Waals surface area contributed by atoms with Crippen molar-refractivity contribution in [2.45, 2.75) is 25.8 Å². The Morgan fingerprint density at radius 2 is 2.14 bits per heavy atom. The van der Waals surface area contributed by atoms with Crippen LogP contribution in [0, 0.1) is 5.92 Å². The first-order valence-corrected chi connectivity index (χ1v) is 7.72. The predicted octanol–water partition coefficient (Wildman–Crippen LogP) is 3.03. The van der Waals surface area contributed by atoms with Gasteiger partial charge in [0, 0.05) is 22.7 Å². The summed E-state index contributed by atoms with van der Waals surface area (Å²) in [5, 5.41) is 10.7. The number of carboxylic acids is 1. The van der Waals surface area contributed by atoms with Gasteiger partial charge in [-0.05, 0) is 50.0 Å². The number of ether oxygens (including phenoxy) is 1. The molecule has 2 N–H and O–H groups in total. The summed E-state index contributed by atoms with van der Waals surface area (Å²) < 4.78 is 5.27. The molecule has 1 saturated heterocycles. The largest absolute Gasteiger partial charge is 0.497 e. The highest BCUT2D eigenvalue weighted by Crippen LogP contribution is 2.33. The van der Waals surface area contributed by atoms with E-state index in [2.05, 4.69) is 16.8 Å². The third-order valence-corrected chi connectivity index (χ3v) is 4.63. The second-order valence-electron chi connectivity index (χ2n) is 6.11. The number of aromatic nitrogens is 1. The first kappa shape index (κ1) is 14.9. The lowest BCUT2D eigenvalue weighted by atomic mass is 9.95. The van der Waals surface area contributed by atoms with Crippen LogP contribution in [0.15, 0.2) is 24.4 Å². The number of methoxy groups -OCH3 is 1. The third kappa shape index (κ3) is 2.68. The molecule has 1 aromatic carbocycles. The van der Waals surface area contributed by atoms with Gasteiger partial charge in [-0.2, -0.15) is 0 Å². The predicted molar refractivity (Wildman–Crippen MR) is 85.2 cm³/mol. The van der Waals surface area contributed by atoms with Crippen LogP contribution >= 0.6 is 0 Å². The molecule has 5 heteroatoms. The summed E-state index contributed by atoms with van der Waals surface area (Å²) in [6.45, 7) is 3.88. The number of aliphatic carboxylic acids is 1. The summed E-state index contributed by atoms with van der Waals surface area (Å²) in [5.74, 6) is 0.622. The van der Waals surface area contributed by atoms with E-state index in [-0.39, 0.29) is 0 Å². The lowest BCUT2D eigenvalue weighted by molar-refractivity contribution is -0.144. The van der Waals surface area contributed by atoms with Gasteiger partial charge in [-0.1, -0.05) is 6.92 Å². The number of piperidine rings is 1. The molecule has 1 aliphatic rings. The topological polar surface area (TPSA) is 65.6 Å². The van der Waals surface area contributed by atoms with E-state index in [0.29, 0.717) is 5.92 Å². The molecule has 2 heterocycles. The zero-order chi connectivity index (χ0) is 15.7. The van der Waals surface area contributed by atoms with Gasteiger partial charge in [0.15, 0.2) is 0 Å². The first-order chi connectivity index (χ1) is 10.6. The second kappa shape index (κ2) is 6.01. The minimum absolute atomic E-state index is 0.603. The molecule has 3 rings (SSSR count). The van der Waals surface area contributed by atoms with Crippen LogP contribution in [0.4, 0.5) is 0 Å². The number of hydrogen-bond donors (Lipinski definition) is 2. The minimum Gasteiger partial charge on any atom is -0.497 e. The summed E-state index contributed by atoms with van der Waals surface area (Å²) in [7, 11) is 1.62. The van der Waals surface area contributed by atoms with Gasteiger partial charge in [0.2, 0.25) is 0 Å². The molecule has 0 spiro atoms. The van der Waals surface area contributed by atoms with Crippen molar-refractivity contribution in [3.8, 4) is 5.75 Å². The molecule has 1 atom stereocenters. The van der Waals surface area contributed by atoms with E-state index in [1.165, 1.54) is 0 Å². The summed E-state index contributed by atoms with van der Waals surface area (Å²) in [4.78, 5) is 17.1. The van der Waals surface area contributed by atoms with Crippen molar-refractivity contribution < 1.29 is 14.6 Å². The van der Waals surface area contributed by atoms with E-state index in [1.807, 2.05) is 24.4 Å². The van der Waals surface area contributed by atoms with Crippen molar-refractivity contribution in [2.24, 2.45) is 5.92 Å². The van der Waals surface area contributed by atoms with Gasteiger partial charge in [0.25, 0.3) is 0 Å². The zero-order valence-electron chi connectivity index (χ0n) is 13.0. The fourth-order valence-corrected chi connectivity index (χ4v) is 3.25. The smallest absolute Gasteiger partial charge is 0.325 e. The molecular formula is C17H22N2O3. The molecule has 0 saturated carbocycles. The van der Waals surface area contributed by atoms with E-state index in [4.69, 9.17) is 4.74 Å². The molecule has 5 nitrogen and oxygen atoms in total. The van der Waals surface area contributed by atoms with Crippen LogP contribution in [-0.2, 0) is 4.79 Å². The second-order valence-corrected chi connectivity index (χ2v) is 6.11. The summed E-state index contributed by atoms with van der Waals surface area (Å²) in [6, 6.07) is 5.10. The average molecular weight is 302 g/mol. The Morgan fingerprint density at radius 3 is 2.77 bits per heavy atom. The number of nitrogens with one attached hydrogen (secondary N) is 1. The van der Waals surface area contributed by atoms with Gasteiger partial charge < -0.3 is 14.8 Å². The van der Waals surface area contributed by atoms with Crippen molar-refractivity contribution in [1.29, 1.82) is 0 Å². The van der Waals surface area contributed by atoms with Gasteiger partial charge >= 0.3 is 5.97 Å². The molecule has 0 amide bonds. The molecule has 0 aliphatic carbocycles. The number of aromatic amines is 1. The van der Waals surface area contributed by atoms with Crippen LogP contribution in [-0.4, -0.2) is 41.2 Å². The molecule has 1 fully saturated rings. The maximum Gasteiger partial charge on any atom is 0.325 e. The Kier molecular flexibility index (Phi) is 4.07. The fourth-order valence-electron chi connectivity index (χ4n) is 3.25. The Labute approximate surface area is 129 Å². The Bertz CT molecular complexity index is 672. The lowest BCUT2D eigenvalue weighted by Crippen LogP contribution is -2.39. The summed E-state index contributed by atoms with van der Waals surface area (Å²) in [5.41, 5.74) is 1.75. The van der Waals surface area contributed by atoms with Crippen molar-refractivity contribution in [2.75, 3.05) is 20.2 Å². The number of nitrogens with zero attached hydrogens (tertiary/aromatic N) is 1. The standard InChI is InChI=1S/C17H22N2O3/c1-11-5-7-19(8-6-11)16(17(20)21)14-10-18-15-4-3-12(22-2)9-13(14)15/h3-4,9-11,16,18H,5-8H2,1-2H3,(H,20,21)/t16-/m0/s1. The number of fused-ring (bicyclic) bond motifs is 1. The minimum atomic E-state index is -0.793. The van der Waals surface area contributed by atoms with E-state index in [0.717, 1.165) is 48.1 Å². The monoisotopic (exact) mass is 302 g/mol. The van der Waals surface area contributed by atoms with Crippen molar-refractivity contribution >= 4 is 16.9 Å². The first-order valence-electron chi connectivity index (χ1n) is 7.72. The Hall–Kier alpha value is -2.01. The maximum atomic E-state index is 11.9. The Balaban J connectivity index is 1.99. The van der Waals surface area contributed by atoms with E-state index >= 15 is 0 Å². The quantitative estimate of drug-likeness (QED) is 0.911. The number of rotatable bonds is 4. The fraction of sp³-hybridized carbons (Fsp3) is 0.471. The number of H-pyrrole nitrogens is 1. The molecule has 1 aliphatic heterocycles. The van der Waals surface area contributed by atoms with Crippen LogP contribution in [0.3, 0.4) is 0 Å². The van der Waals surface area contributed by atoms with Crippen LogP contribution in [0.25, 0.3) is 10.9 Å². The molecule has 0 unspecified atom stereocenters. The van der Waals surface area contributed by atoms with Crippen LogP contribution in [0.5, 0.6) is 5.75 Å². The van der Waals surface area contributed by atoms with Gasteiger partial charge in [0.05, 0.1) is 7.11 Å². The highest BCUT2D eigenvalue weighted by atomic mass is 16.5. The number of carbonyl (C=O) groups is 1. The molecule has 22 heavy (non-hydrogen) atoms. The number of benzene rings is 1. The van der Waals surface area contributed by atoms with Gasteiger partial charge in [0.1, 0.15) is 11.8 Å². The van der Waals surface area contributed by atoms with Gasteiger partial charge in [-0.15, -0.1) is 0 Å². The van der Waals surface area contributed by atoms with Crippen LogP contribution < -0.4 is 4.74 Å². The molecular weight excluding hydrogens is 280 g/mol. The van der Waals surface area contributed by atoms with Crippen molar-refractivity contribution in [1.82, 2.24) is 9.88 Å². The third-order valence-electron chi connectivity index (χ3n) is 4.63. The molecule has 2 aromatic rings. The van der Waals surface area contributed by atoms with E-state index < -0.39 is 12.0 Å². The summed E-state index contributed by atoms with van der Waals surface area (Å²) in [6.07, 6.45) is 3.92. The highest BCUT2D eigenvalue weighted by molar-refractivity contribution is 5.90. The number of likely N-dealkylation sites (tertiary alicyclic amines) is 1. The van der Waals surface area contributed by atoms with Crippen molar-refractivity contribution in [3.05, 3.63) is 30.0 Å². The molecule has 0 bridgehead atoms. The average Bonchev–Trinajstić information content (AvgIpc) is 2.92. The molecule has 118 valence electrons. The van der Waals surface area contributed by atoms with Gasteiger partial charge in [-0.3, -0.25) is 9.69 Å². The molecule has 0 radical (unpaired) electrons. The number of hydrogen-bond acceptors (Lipinski definition) is 3. The van der Waals surface area contributed by atoms with E-state index in [9.17, 15) is 9.90 Å². The zero-order valence-corrected chi connectivity index (χ0v) is 13.0. The van der Waals surface area contributed by atoms with Crippen LogP contribution in [0.1, 0.15) is 31.4 Å². The molecule has 1 aromatic heterocycles. The number of carboxylic acid groups (broad SMARTS) is 1. The SMILES string of the molecule is COc1ccc2[nH]cc([C@@H](C(=O)O)N3CCC(C)CC3)c2c1. The lowest BCUT2D eigenvalue weighted by Gasteiger charge is -2.34. The normalized spacial score (nSPS) is 18.5. The van der Waals surface area contributed by atoms with E-state index in [1.54, 1.807) is 7.11 Å². The van der Waals surface area contributed by atoms with Crippen molar-refractivity contribution in [3.63, 3.8) is 0 Å². The highest BCUT2D eigenvalue weighted by Gasteiger charge is 2.31. The van der Waals surface area contributed by atoms with Crippen LogP contribution in [0.2, 0.25) is 0 Å². The van der Waals surface area contributed by atoms with Gasteiger partial charge in [-0.25, -0.2) is 0 Å². The Morgan fingerprint density at radius 1 is 1.41 bits per heavy atom. The summed E-state index contributed by atoms with van der Waals surface area (Å²) >= 11 is 0.